The number of ether oxygens (including phenoxy) is 2. The van der Waals surface area contributed by atoms with Crippen molar-refractivity contribution in [2.75, 3.05) is 32.7 Å². The van der Waals surface area contributed by atoms with Crippen molar-refractivity contribution >= 4 is 22.2 Å². The molecule has 5 nitrogen and oxygen atoms in total. The number of hydrogen-bond acceptors (Lipinski definition) is 5. The highest BCUT2D eigenvalue weighted by Gasteiger charge is 2.14. The van der Waals surface area contributed by atoms with Gasteiger partial charge in [-0.1, -0.05) is 24.3 Å². The fourth-order valence-electron chi connectivity index (χ4n) is 3.27. The third-order valence-electron chi connectivity index (χ3n) is 4.82. The molecule has 4 rings (SSSR count). The molecule has 1 aliphatic rings. The number of Topliss-reactive ketones (excluding diaryl/α,β-unsaturated/α-hetero) is 1. The van der Waals surface area contributed by atoms with Crippen LogP contribution in [-0.4, -0.2) is 37.6 Å². The number of nitrogens with two attached hydrogens (primary N) is 1. The van der Waals surface area contributed by atoms with Gasteiger partial charge in [0.25, 0.3) is 0 Å². The molecule has 3 aromatic carbocycles. The molecule has 5 heteroatoms. The van der Waals surface area contributed by atoms with Gasteiger partial charge in [0.15, 0.2) is 17.3 Å². The predicted molar refractivity (Wildman–Crippen MR) is 106 cm³/mol. The normalized spacial score (nSPS) is 12.7. The molecule has 0 bridgehead atoms. The third kappa shape index (κ3) is 3.88. The summed E-state index contributed by atoms with van der Waals surface area (Å²) in [6.07, 6.45) is 0.845. The van der Waals surface area contributed by atoms with Crippen LogP contribution >= 0.6 is 0 Å². The molecule has 0 aliphatic carbocycles. The number of anilines is 1. The maximum atomic E-state index is 12.6. The Labute approximate surface area is 158 Å². The van der Waals surface area contributed by atoms with Gasteiger partial charge in [-0.2, -0.15) is 0 Å². The summed E-state index contributed by atoms with van der Waals surface area (Å²) >= 11 is 0. The summed E-state index contributed by atoms with van der Waals surface area (Å²) in [5.74, 6) is 1.70. The first-order chi connectivity index (χ1) is 13.1. The lowest BCUT2D eigenvalue weighted by Gasteiger charge is -2.16. The van der Waals surface area contributed by atoms with Crippen molar-refractivity contribution in [1.29, 1.82) is 0 Å². The zero-order chi connectivity index (χ0) is 18.8. The van der Waals surface area contributed by atoms with E-state index in [0.29, 0.717) is 6.54 Å². The van der Waals surface area contributed by atoms with Crippen LogP contribution in [0, 0.1) is 0 Å². The molecule has 1 aliphatic heterocycles. The lowest BCUT2D eigenvalue weighted by atomic mass is 10.0. The van der Waals surface area contributed by atoms with Gasteiger partial charge >= 0.3 is 0 Å². The van der Waals surface area contributed by atoms with E-state index < -0.39 is 0 Å². The Bertz CT molecular complexity index is 1000. The van der Waals surface area contributed by atoms with Crippen LogP contribution in [0.2, 0.25) is 0 Å². The Kier molecular flexibility index (Phi) is 4.69. The van der Waals surface area contributed by atoms with Crippen molar-refractivity contribution in [2.24, 2.45) is 0 Å². The van der Waals surface area contributed by atoms with Crippen molar-refractivity contribution in [3.8, 4) is 11.5 Å². The lowest BCUT2D eigenvalue weighted by Crippen LogP contribution is -2.28. The minimum atomic E-state index is 0.113. The average Bonchev–Trinajstić information content (AvgIpc) is 3.13. The summed E-state index contributed by atoms with van der Waals surface area (Å²) < 4.78 is 10.7. The van der Waals surface area contributed by atoms with Crippen LogP contribution in [0.1, 0.15) is 15.9 Å². The maximum absolute atomic E-state index is 12.6. The molecule has 0 saturated heterocycles. The standard InChI is InChI=1S/C22H22N2O3/c1-24(9-8-15-2-7-21-22(10-15)27-14-26-21)13-20(25)18-4-3-17-12-19(23)6-5-16(17)11-18/h2-7,10-12H,8-9,13-14,23H2,1H3. The van der Waals surface area contributed by atoms with E-state index in [-0.39, 0.29) is 12.6 Å². The van der Waals surface area contributed by atoms with Crippen molar-refractivity contribution in [3.63, 3.8) is 0 Å². The number of carbonyl (C=O) groups excluding carboxylic acids is 1. The summed E-state index contributed by atoms with van der Waals surface area (Å²) in [6.45, 7) is 1.45. The third-order valence-corrected chi connectivity index (χ3v) is 4.82. The van der Waals surface area contributed by atoms with E-state index >= 15 is 0 Å². The molecular weight excluding hydrogens is 340 g/mol. The van der Waals surface area contributed by atoms with Crippen molar-refractivity contribution in [3.05, 3.63) is 65.7 Å². The first-order valence-corrected chi connectivity index (χ1v) is 8.98. The highest BCUT2D eigenvalue weighted by molar-refractivity contribution is 6.01. The second kappa shape index (κ2) is 7.29. The molecule has 3 aromatic rings. The molecule has 0 fully saturated rings. The molecule has 0 aromatic heterocycles. The van der Waals surface area contributed by atoms with E-state index in [1.54, 1.807) is 0 Å². The largest absolute Gasteiger partial charge is 0.454 e. The van der Waals surface area contributed by atoms with Crippen LogP contribution in [0.15, 0.2) is 54.6 Å². The summed E-state index contributed by atoms with van der Waals surface area (Å²) in [4.78, 5) is 14.7. The van der Waals surface area contributed by atoms with Crippen molar-refractivity contribution in [1.82, 2.24) is 4.90 Å². The summed E-state index contributed by atoms with van der Waals surface area (Å²) in [5, 5.41) is 2.07. The SMILES string of the molecule is CN(CCc1ccc2c(c1)OCO2)CC(=O)c1ccc2cc(N)ccc2c1. The van der Waals surface area contributed by atoms with E-state index in [4.69, 9.17) is 15.2 Å². The highest BCUT2D eigenvalue weighted by Crippen LogP contribution is 2.32. The molecule has 0 saturated carbocycles. The second-order valence-electron chi connectivity index (χ2n) is 6.92. The van der Waals surface area contributed by atoms with E-state index in [1.165, 1.54) is 5.56 Å². The summed E-state index contributed by atoms with van der Waals surface area (Å²) in [5.41, 5.74) is 8.43. The van der Waals surface area contributed by atoms with E-state index in [9.17, 15) is 4.79 Å². The van der Waals surface area contributed by atoms with Crippen LogP contribution in [0.3, 0.4) is 0 Å². The van der Waals surface area contributed by atoms with Crippen molar-refractivity contribution < 1.29 is 14.3 Å². The number of nitrogen functional groups attached to an aromatic ring is 1. The molecule has 0 unspecified atom stereocenters. The van der Waals surface area contributed by atoms with Crippen molar-refractivity contribution in [2.45, 2.75) is 6.42 Å². The van der Waals surface area contributed by atoms with Crippen LogP contribution < -0.4 is 15.2 Å². The second-order valence-corrected chi connectivity index (χ2v) is 6.92. The topological polar surface area (TPSA) is 64.8 Å². The molecule has 0 radical (unpaired) electrons. The zero-order valence-electron chi connectivity index (χ0n) is 15.3. The number of ketones is 1. The predicted octanol–water partition coefficient (Wildman–Crippen LogP) is 3.51. The first-order valence-electron chi connectivity index (χ1n) is 8.98. The number of fused-ring (bicyclic) bond motifs is 2. The Morgan fingerprint density at radius 3 is 2.67 bits per heavy atom. The smallest absolute Gasteiger partial charge is 0.231 e. The quantitative estimate of drug-likeness (QED) is 0.537. The summed E-state index contributed by atoms with van der Waals surface area (Å²) in [7, 11) is 1.96. The maximum Gasteiger partial charge on any atom is 0.231 e. The number of rotatable bonds is 6. The molecule has 0 amide bonds. The van der Waals surface area contributed by atoms with E-state index in [1.807, 2.05) is 66.5 Å². The zero-order valence-corrected chi connectivity index (χ0v) is 15.3. The average molecular weight is 362 g/mol. The van der Waals surface area contributed by atoms with Crippen LogP contribution in [0.4, 0.5) is 5.69 Å². The van der Waals surface area contributed by atoms with Crippen LogP contribution in [-0.2, 0) is 6.42 Å². The molecule has 0 atom stereocenters. The number of hydrogen-bond donors (Lipinski definition) is 1. The van der Waals surface area contributed by atoms with Gasteiger partial charge in [-0.15, -0.1) is 0 Å². The molecular formula is C22H22N2O3. The van der Waals surface area contributed by atoms with E-state index in [0.717, 1.165) is 46.5 Å². The van der Waals surface area contributed by atoms with Gasteiger partial charge in [-0.25, -0.2) is 0 Å². The molecule has 0 spiro atoms. The van der Waals surface area contributed by atoms with Crippen LogP contribution in [0.25, 0.3) is 10.8 Å². The molecule has 27 heavy (non-hydrogen) atoms. The minimum absolute atomic E-state index is 0.113. The fourth-order valence-corrected chi connectivity index (χ4v) is 3.27. The Hall–Kier alpha value is -3.05. The summed E-state index contributed by atoms with van der Waals surface area (Å²) in [6, 6.07) is 17.5. The Morgan fingerprint density at radius 1 is 1.00 bits per heavy atom. The number of nitrogens with zero attached hydrogens (tertiary/aromatic N) is 1. The van der Waals surface area contributed by atoms with Gasteiger partial charge in [0, 0.05) is 17.8 Å². The highest BCUT2D eigenvalue weighted by atomic mass is 16.7. The lowest BCUT2D eigenvalue weighted by molar-refractivity contribution is 0.0947. The van der Waals surface area contributed by atoms with Crippen LogP contribution in [0.5, 0.6) is 11.5 Å². The first kappa shape index (κ1) is 17.4. The monoisotopic (exact) mass is 362 g/mol. The van der Waals surface area contributed by atoms with Gasteiger partial charge < -0.3 is 15.2 Å². The van der Waals surface area contributed by atoms with Gasteiger partial charge in [-0.05, 0) is 60.1 Å². The number of carbonyl (C=O) groups is 1. The molecule has 138 valence electrons. The number of likely N-dealkylation sites (N-methyl/N-ethyl adjacent to an activating group) is 1. The van der Waals surface area contributed by atoms with E-state index in [2.05, 4.69) is 0 Å². The fraction of sp³-hybridized carbons (Fsp3) is 0.227. The Balaban J connectivity index is 1.37. The van der Waals surface area contributed by atoms with Gasteiger partial charge in [0.05, 0.1) is 6.54 Å². The van der Waals surface area contributed by atoms with Gasteiger partial charge in [0.2, 0.25) is 6.79 Å². The minimum Gasteiger partial charge on any atom is -0.454 e. The van der Waals surface area contributed by atoms with Gasteiger partial charge in [0.1, 0.15) is 0 Å². The number of benzene rings is 3. The Morgan fingerprint density at radius 2 is 1.78 bits per heavy atom. The van der Waals surface area contributed by atoms with Gasteiger partial charge in [-0.3, -0.25) is 9.69 Å². The molecule has 2 N–H and O–H groups in total. The molecule has 1 heterocycles.